The van der Waals surface area contributed by atoms with Crippen molar-refractivity contribution < 1.29 is 4.79 Å². The molecule has 3 aromatic rings. The number of benzene rings is 2. The Balaban J connectivity index is 1.63. The minimum absolute atomic E-state index is 0.249. The number of aromatic nitrogens is 3. The second-order valence-corrected chi connectivity index (χ2v) is 8.35. The Morgan fingerprint density at radius 1 is 1.14 bits per heavy atom. The van der Waals surface area contributed by atoms with Crippen molar-refractivity contribution in [2.45, 2.75) is 38.8 Å². The number of urea groups is 1. The van der Waals surface area contributed by atoms with Crippen molar-refractivity contribution in [1.29, 1.82) is 0 Å². The molecule has 0 radical (unpaired) electrons. The highest BCUT2D eigenvalue weighted by Crippen LogP contribution is 2.23. The second-order valence-electron chi connectivity index (χ2n) is 7.00. The molecule has 1 aliphatic rings. The van der Waals surface area contributed by atoms with E-state index in [4.69, 9.17) is 11.6 Å². The summed E-state index contributed by atoms with van der Waals surface area (Å²) in [6, 6.07) is 14.5. The molecule has 8 heteroatoms. The lowest BCUT2D eigenvalue weighted by Gasteiger charge is -2.23. The second kappa shape index (κ2) is 8.97. The lowest BCUT2D eigenvalue weighted by molar-refractivity contribution is 0.256. The molecule has 1 N–H and O–H groups in total. The van der Waals surface area contributed by atoms with Crippen LogP contribution in [-0.4, -0.2) is 20.8 Å². The third-order valence-corrected chi connectivity index (χ3v) is 5.71. The molecular weight excluding hydrogens is 454 g/mol. The van der Waals surface area contributed by atoms with Gasteiger partial charge in [0.15, 0.2) is 5.82 Å². The van der Waals surface area contributed by atoms with Crippen molar-refractivity contribution in [3.8, 4) is 0 Å². The first-order valence-electron chi connectivity index (χ1n) is 9.61. The van der Waals surface area contributed by atoms with Gasteiger partial charge in [0.1, 0.15) is 5.82 Å². The number of hydrogen-bond acceptors (Lipinski definition) is 3. The quantitative estimate of drug-likeness (QED) is 0.531. The van der Waals surface area contributed by atoms with Gasteiger partial charge in [-0.3, -0.25) is 4.90 Å². The van der Waals surface area contributed by atoms with Crippen LogP contribution in [-0.2, 0) is 19.5 Å². The van der Waals surface area contributed by atoms with Crippen molar-refractivity contribution in [2.24, 2.45) is 0 Å². The van der Waals surface area contributed by atoms with Gasteiger partial charge in [-0.15, -0.1) is 10.2 Å². The summed E-state index contributed by atoms with van der Waals surface area (Å²) < 4.78 is 3.11. The van der Waals surface area contributed by atoms with E-state index >= 15 is 0 Å². The number of anilines is 2. The Morgan fingerprint density at radius 3 is 2.76 bits per heavy atom. The maximum atomic E-state index is 13.2. The van der Waals surface area contributed by atoms with Gasteiger partial charge in [-0.1, -0.05) is 40.0 Å². The Kier molecular flexibility index (Phi) is 6.16. The zero-order valence-electron chi connectivity index (χ0n) is 15.8. The van der Waals surface area contributed by atoms with Crippen LogP contribution < -0.4 is 10.2 Å². The Hall–Kier alpha value is -2.38. The van der Waals surface area contributed by atoms with Crippen LogP contribution in [0.4, 0.5) is 16.2 Å². The molecule has 1 aliphatic heterocycles. The number of rotatable bonds is 4. The fourth-order valence-electron chi connectivity index (χ4n) is 3.46. The van der Waals surface area contributed by atoms with E-state index in [2.05, 4.69) is 36.0 Å². The molecule has 0 aliphatic carbocycles. The fraction of sp³-hybridized carbons (Fsp3) is 0.286. The zero-order chi connectivity index (χ0) is 20.2. The normalized spacial score (nSPS) is 13.4. The van der Waals surface area contributed by atoms with Crippen LogP contribution in [0.3, 0.4) is 0 Å². The van der Waals surface area contributed by atoms with E-state index in [1.54, 1.807) is 23.1 Å². The Labute approximate surface area is 183 Å². The maximum Gasteiger partial charge on any atom is 0.326 e. The highest BCUT2D eigenvalue weighted by atomic mass is 79.9. The molecule has 0 saturated heterocycles. The van der Waals surface area contributed by atoms with Crippen LogP contribution in [0, 0.1) is 0 Å². The van der Waals surface area contributed by atoms with Crippen LogP contribution in [0.15, 0.2) is 53.0 Å². The van der Waals surface area contributed by atoms with Gasteiger partial charge >= 0.3 is 6.03 Å². The van der Waals surface area contributed by atoms with Gasteiger partial charge in [-0.25, -0.2) is 4.79 Å². The van der Waals surface area contributed by atoms with E-state index in [1.807, 2.05) is 30.3 Å². The smallest absolute Gasteiger partial charge is 0.313 e. The predicted molar refractivity (Wildman–Crippen MR) is 118 cm³/mol. The monoisotopic (exact) mass is 473 g/mol. The number of nitrogens with zero attached hydrogens (tertiary/aromatic N) is 4. The van der Waals surface area contributed by atoms with E-state index in [1.165, 1.54) is 6.42 Å². The Morgan fingerprint density at radius 2 is 1.97 bits per heavy atom. The largest absolute Gasteiger partial charge is 0.326 e. The summed E-state index contributed by atoms with van der Waals surface area (Å²) in [6.45, 7) is 1.22. The topological polar surface area (TPSA) is 63.1 Å². The Bertz CT molecular complexity index is 1000. The van der Waals surface area contributed by atoms with Crippen molar-refractivity contribution in [3.63, 3.8) is 0 Å². The zero-order valence-corrected chi connectivity index (χ0v) is 18.2. The summed E-state index contributed by atoms with van der Waals surface area (Å²) in [5.41, 5.74) is 1.42. The van der Waals surface area contributed by atoms with Crippen LogP contribution in [0.5, 0.6) is 0 Å². The number of carbonyl (C=O) groups excluding carboxylic acids is 1. The highest BCUT2D eigenvalue weighted by Gasteiger charge is 2.22. The SMILES string of the molecule is O=C(Nc1cccc(Cl)c1)N(Cc1nnc2n1CCCCC2)c1ccc(Br)cc1. The average Bonchev–Trinajstić information content (AvgIpc) is 2.93. The number of aryl methyl sites for hydroxylation is 1. The van der Waals surface area contributed by atoms with Gasteiger partial charge in [0, 0.05) is 33.8 Å². The molecule has 1 aromatic heterocycles. The van der Waals surface area contributed by atoms with Gasteiger partial charge in [0.05, 0.1) is 6.54 Å². The predicted octanol–water partition coefficient (Wildman–Crippen LogP) is 5.66. The fourth-order valence-corrected chi connectivity index (χ4v) is 3.92. The number of nitrogens with one attached hydrogen (secondary N) is 1. The summed E-state index contributed by atoms with van der Waals surface area (Å²) in [5.74, 6) is 1.80. The van der Waals surface area contributed by atoms with E-state index in [9.17, 15) is 4.79 Å². The molecule has 0 bridgehead atoms. The highest BCUT2D eigenvalue weighted by molar-refractivity contribution is 9.10. The molecular formula is C21H21BrClN5O. The minimum atomic E-state index is -0.249. The first kappa shape index (κ1) is 19.9. The molecule has 0 spiro atoms. The van der Waals surface area contributed by atoms with Gasteiger partial charge in [0.2, 0.25) is 0 Å². The standard InChI is InChI=1S/C21H21BrClN5O/c22-15-8-10-18(11-9-15)28(21(29)24-17-6-4-5-16(23)13-17)14-20-26-25-19-7-2-1-3-12-27(19)20/h4-6,8-11,13H,1-3,7,12,14H2,(H,24,29). The number of carbonyl (C=O) groups is 1. The van der Waals surface area contributed by atoms with E-state index < -0.39 is 0 Å². The molecule has 150 valence electrons. The van der Waals surface area contributed by atoms with Crippen LogP contribution in [0.1, 0.15) is 30.9 Å². The van der Waals surface area contributed by atoms with Crippen LogP contribution in [0.2, 0.25) is 5.02 Å². The first-order valence-corrected chi connectivity index (χ1v) is 10.8. The van der Waals surface area contributed by atoms with Crippen LogP contribution >= 0.6 is 27.5 Å². The molecule has 4 rings (SSSR count). The summed E-state index contributed by atoms with van der Waals surface area (Å²) in [6.07, 6.45) is 4.35. The minimum Gasteiger partial charge on any atom is -0.313 e. The number of hydrogen-bond donors (Lipinski definition) is 1. The maximum absolute atomic E-state index is 13.2. The number of fused-ring (bicyclic) bond motifs is 1. The summed E-state index contributed by atoms with van der Waals surface area (Å²) >= 11 is 9.51. The third kappa shape index (κ3) is 4.79. The first-order chi connectivity index (χ1) is 14.1. The summed E-state index contributed by atoms with van der Waals surface area (Å²) in [5, 5.41) is 12.3. The van der Waals surface area contributed by atoms with Gasteiger partial charge in [-0.2, -0.15) is 0 Å². The molecule has 2 aromatic carbocycles. The molecule has 0 fully saturated rings. The molecule has 2 heterocycles. The van der Waals surface area contributed by atoms with E-state index in [0.29, 0.717) is 17.3 Å². The molecule has 0 atom stereocenters. The molecule has 0 saturated carbocycles. The molecule has 29 heavy (non-hydrogen) atoms. The third-order valence-electron chi connectivity index (χ3n) is 4.94. The van der Waals surface area contributed by atoms with Crippen molar-refractivity contribution in [1.82, 2.24) is 14.8 Å². The van der Waals surface area contributed by atoms with Gasteiger partial charge in [-0.05, 0) is 55.3 Å². The molecule has 6 nitrogen and oxygen atoms in total. The summed E-state index contributed by atoms with van der Waals surface area (Å²) in [4.78, 5) is 14.9. The van der Waals surface area contributed by atoms with E-state index in [-0.39, 0.29) is 6.03 Å². The average molecular weight is 475 g/mol. The lowest BCUT2D eigenvalue weighted by atomic mass is 10.2. The van der Waals surface area contributed by atoms with Crippen molar-refractivity contribution >= 4 is 44.9 Å². The number of amides is 2. The lowest BCUT2D eigenvalue weighted by Crippen LogP contribution is -2.35. The number of halogens is 2. The molecule has 2 amide bonds. The summed E-state index contributed by atoms with van der Waals surface area (Å²) in [7, 11) is 0. The van der Waals surface area contributed by atoms with Crippen molar-refractivity contribution in [2.75, 3.05) is 10.2 Å². The van der Waals surface area contributed by atoms with Crippen molar-refractivity contribution in [3.05, 3.63) is 69.7 Å². The molecule has 0 unspecified atom stereocenters. The van der Waals surface area contributed by atoms with E-state index in [0.717, 1.165) is 47.6 Å². The van der Waals surface area contributed by atoms with Gasteiger partial charge in [0.25, 0.3) is 0 Å². The van der Waals surface area contributed by atoms with Crippen LogP contribution in [0.25, 0.3) is 0 Å². The van der Waals surface area contributed by atoms with Gasteiger partial charge < -0.3 is 9.88 Å².